The number of carbonyl (C=O) groups excluding carboxylic acids is 1. The third-order valence-corrected chi connectivity index (χ3v) is 4.83. The van der Waals surface area contributed by atoms with E-state index < -0.39 is 11.7 Å². The van der Waals surface area contributed by atoms with Crippen LogP contribution in [0.3, 0.4) is 0 Å². The lowest BCUT2D eigenvalue weighted by atomic mass is 10.1. The molecule has 2 aromatic rings. The molecule has 0 unspecified atom stereocenters. The van der Waals surface area contributed by atoms with Gasteiger partial charge in [-0.1, -0.05) is 30.3 Å². The van der Waals surface area contributed by atoms with E-state index >= 15 is 0 Å². The second kappa shape index (κ2) is 9.10. The lowest BCUT2D eigenvalue weighted by Crippen LogP contribution is -2.30. The molecule has 28 heavy (non-hydrogen) atoms. The van der Waals surface area contributed by atoms with Crippen molar-refractivity contribution in [2.45, 2.75) is 32.1 Å². The maximum absolute atomic E-state index is 12.7. The van der Waals surface area contributed by atoms with Crippen LogP contribution in [0.5, 0.6) is 0 Å². The largest absolute Gasteiger partial charge is 0.416 e. The van der Waals surface area contributed by atoms with Crippen molar-refractivity contribution in [3.63, 3.8) is 0 Å². The summed E-state index contributed by atoms with van der Waals surface area (Å²) in [6.07, 6.45) is -1.96. The lowest BCUT2D eigenvalue weighted by Gasteiger charge is -2.18. The molecular weight excluding hydrogens is 367 g/mol. The number of hydrogen-bond acceptors (Lipinski definition) is 3. The summed E-state index contributed by atoms with van der Waals surface area (Å²) in [5, 5.41) is 5.58. The lowest BCUT2D eigenvalue weighted by molar-refractivity contribution is -0.137. The molecule has 3 rings (SSSR count). The van der Waals surface area contributed by atoms with Gasteiger partial charge in [0, 0.05) is 18.8 Å². The molecule has 1 fully saturated rings. The van der Waals surface area contributed by atoms with Crippen molar-refractivity contribution in [2.24, 2.45) is 0 Å². The Kier molecular flexibility index (Phi) is 6.57. The van der Waals surface area contributed by atoms with Crippen molar-refractivity contribution in [2.75, 3.05) is 25.0 Å². The molecule has 2 aromatic carbocycles. The van der Waals surface area contributed by atoms with Crippen molar-refractivity contribution < 1.29 is 18.0 Å². The van der Waals surface area contributed by atoms with E-state index in [0.717, 1.165) is 37.3 Å². The van der Waals surface area contributed by atoms with Crippen molar-refractivity contribution in [1.29, 1.82) is 0 Å². The molecule has 4 nitrogen and oxygen atoms in total. The Balaban J connectivity index is 1.51. The highest BCUT2D eigenvalue weighted by molar-refractivity contribution is 5.80. The summed E-state index contributed by atoms with van der Waals surface area (Å²) in [7, 11) is 0. The molecule has 1 aliphatic rings. The van der Waals surface area contributed by atoms with Gasteiger partial charge in [0.2, 0.25) is 5.91 Å². The zero-order chi connectivity index (χ0) is 20.0. The predicted octanol–water partition coefficient (Wildman–Crippen LogP) is 4.03. The van der Waals surface area contributed by atoms with Gasteiger partial charge in [-0.3, -0.25) is 9.69 Å². The molecule has 0 radical (unpaired) electrons. The van der Waals surface area contributed by atoms with E-state index in [9.17, 15) is 18.0 Å². The molecule has 2 N–H and O–H groups in total. The Bertz CT molecular complexity index is 801. The SMILES string of the molecule is O=C(CNc1cccc(C(F)(F)F)c1)NCc1ccccc1CN1CCCC1. The molecule has 1 amide bonds. The zero-order valence-electron chi connectivity index (χ0n) is 15.6. The molecule has 0 atom stereocenters. The molecule has 0 aromatic heterocycles. The standard InChI is InChI=1S/C21H24F3N3O/c22-21(23,24)18-8-5-9-19(12-18)25-14-20(28)26-13-16-6-1-2-7-17(16)15-27-10-3-4-11-27/h1-2,5-9,12,25H,3-4,10-11,13-15H2,(H,26,28). The monoisotopic (exact) mass is 391 g/mol. The molecule has 1 heterocycles. The molecule has 7 heteroatoms. The summed E-state index contributed by atoms with van der Waals surface area (Å²) < 4.78 is 38.2. The van der Waals surface area contributed by atoms with Crippen LogP contribution in [-0.4, -0.2) is 30.4 Å². The highest BCUT2D eigenvalue weighted by Gasteiger charge is 2.30. The van der Waals surface area contributed by atoms with E-state index in [0.29, 0.717) is 6.54 Å². The summed E-state index contributed by atoms with van der Waals surface area (Å²) >= 11 is 0. The summed E-state index contributed by atoms with van der Waals surface area (Å²) in [5.74, 6) is -0.270. The number of anilines is 1. The Morgan fingerprint density at radius 2 is 1.71 bits per heavy atom. The molecule has 1 aliphatic heterocycles. The molecule has 0 spiro atoms. The zero-order valence-corrected chi connectivity index (χ0v) is 15.6. The van der Waals surface area contributed by atoms with Gasteiger partial charge < -0.3 is 10.6 Å². The number of alkyl halides is 3. The number of rotatable bonds is 7. The van der Waals surface area contributed by atoms with Gasteiger partial charge in [0.05, 0.1) is 12.1 Å². The van der Waals surface area contributed by atoms with Gasteiger partial charge in [-0.25, -0.2) is 0 Å². The summed E-state index contributed by atoms with van der Waals surface area (Å²) in [6.45, 7) is 3.38. The molecule has 0 aliphatic carbocycles. The fraction of sp³-hybridized carbons (Fsp3) is 0.381. The van der Waals surface area contributed by atoms with E-state index in [2.05, 4.69) is 21.6 Å². The number of amides is 1. The number of nitrogens with one attached hydrogen (secondary N) is 2. The minimum Gasteiger partial charge on any atom is -0.376 e. The average molecular weight is 391 g/mol. The van der Waals surface area contributed by atoms with E-state index in [1.807, 2.05) is 18.2 Å². The van der Waals surface area contributed by atoms with Gasteiger partial charge in [-0.05, 0) is 55.3 Å². The smallest absolute Gasteiger partial charge is 0.376 e. The van der Waals surface area contributed by atoms with Crippen LogP contribution >= 0.6 is 0 Å². The van der Waals surface area contributed by atoms with Crippen LogP contribution in [-0.2, 0) is 24.1 Å². The van der Waals surface area contributed by atoms with E-state index in [1.54, 1.807) is 0 Å². The van der Waals surface area contributed by atoms with Crippen LogP contribution in [0.1, 0.15) is 29.5 Å². The summed E-state index contributed by atoms with van der Waals surface area (Å²) in [6, 6.07) is 12.8. The first-order valence-electron chi connectivity index (χ1n) is 9.39. The predicted molar refractivity (Wildman–Crippen MR) is 103 cm³/mol. The van der Waals surface area contributed by atoms with Gasteiger partial charge in [0.25, 0.3) is 0 Å². The minimum absolute atomic E-state index is 0.0877. The summed E-state index contributed by atoms with van der Waals surface area (Å²) in [5.41, 5.74) is 1.77. The van der Waals surface area contributed by atoms with Crippen molar-refractivity contribution in [3.8, 4) is 0 Å². The first-order chi connectivity index (χ1) is 13.4. The summed E-state index contributed by atoms with van der Waals surface area (Å²) in [4.78, 5) is 14.5. The second-order valence-electron chi connectivity index (χ2n) is 6.96. The van der Waals surface area contributed by atoms with Crippen molar-refractivity contribution in [1.82, 2.24) is 10.2 Å². The number of likely N-dealkylation sites (tertiary alicyclic amines) is 1. The average Bonchev–Trinajstić information content (AvgIpc) is 3.18. The van der Waals surface area contributed by atoms with Crippen LogP contribution < -0.4 is 10.6 Å². The Morgan fingerprint density at radius 1 is 1.00 bits per heavy atom. The highest BCUT2D eigenvalue weighted by Crippen LogP contribution is 2.30. The number of halogens is 3. The van der Waals surface area contributed by atoms with Crippen LogP contribution in [0.25, 0.3) is 0 Å². The first kappa shape index (κ1) is 20.2. The number of nitrogens with zero attached hydrogens (tertiary/aromatic N) is 1. The number of hydrogen-bond donors (Lipinski definition) is 2. The van der Waals surface area contributed by atoms with Crippen LogP contribution in [0.15, 0.2) is 48.5 Å². The van der Waals surface area contributed by atoms with Crippen molar-refractivity contribution in [3.05, 3.63) is 65.2 Å². The molecule has 0 saturated carbocycles. The van der Waals surface area contributed by atoms with Gasteiger partial charge in [0.15, 0.2) is 0 Å². The van der Waals surface area contributed by atoms with E-state index in [-0.39, 0.29) is 18.1 Å². The fourth-order valence-electron chi connectivity index (χ4n) is 3.31. The van der Waals surface area contributed by atoms with Crippen LogP contribution in [0, 0.1) is 0 Å². The Morgan fingerprint density at radius 3 is 2.43 bits per heavy atom. The second-order valence-corrected chi connectivity index (χ2v) is 6.96. The normalized spacial score (nSPS) is 14.8. The van der Waals surface area contributed by atoms with Crippen LogP contribution in [0.2, 0.25) is 0 Å². The fourth-order valence-corrected chi connectivity index (χ4v) is 3.31. The maximum atomic E-state index is 12.7. The first-order valence-corrected chi connectivity index (χ1v) is 9.39. The highest BCUT2D eigenvalue weighted by atomic mass is 19.4. The van der Waals surface area contributed by atoms with Gasteiger partial charge in [0.1, 0.15) is 0 Å². The van der Waals surface area contributed by atoms with Gasteiger partial charge >= 0.3 is 6.18 Å². The Labute approximate surface area is 162 Å². The third kappa shape index (κ3) is 5.73. The quantitative estimate of drug-likeness (QED) is 0.749. The minimum atomic E-state index is -4.40. The van der Waals surface area contributed by atoms with Crippen molar-refractivity contribution >= 4 is 11.6 Å². The topological polar surface area (TPSA) is 44.4 Å². The van der Waals surface area contributed by atoms with Gasteiger partial charge in [-0.2, -0.15) is 13.2 Å². The number of carbonyl (C=O) groups is 1. The van der Waals surface area contributed by atoms with Gasteiger partial charge in [-0.15, -0.1) is 0 Å². The third-order valence-electron chi connectivity index (χ3n) is 4.83. The molecular formula is C21H24F3N3O. The van der Waals surface area contributed by atoms with E-state index in [1.165, 1.54) is 30.5 Å². The molecule has 0 bridgehead atoms. The number of benzene rings is 2. The Hall–Kier alpha value is -2.54. The maximum Gasteiger partial charge on any atom is 0.416 e. The molecule has 150 valence electrons. The van der Waals surface area contributed by atoms with Crippen LogP contribution in [0.4, 0.5) is 18.9 Å². The van der Waals surface area contributed by atoms with E-state index in [4.69, 9.17) is 0 Å². The molecule has 1 saturated heterocycles.